The molecule has 0 spiro atoms. The molecule has 2 aliphatic carbocycles. The second-order valence-corrected chi connectivity index (χ2v) is 9.43. The van der Waals surface area contributed by atoms with E-state index in [1.54, 1.807) is 30.5 Å². The molecule has 4 rings (SSSR count). The summed E-state index contributed by atoms with van der Waals surface area (Å²) >= 11 is 0. The van der Waals surface area contributed by atoms with Crippen molar-refractivity contribution in [2.45, 2.75) is 69.7 Å². The van der Waals surface area contributed by atoms with Crippen LogP contribution >= 0.6 is 0 Å². The average molecular weight is 469 g/mol. The van der Waals surface area contributed by atoms with E-state index in [4.69, 9.17) is 15.2 Å². The van der Waals surface area contributed by atoms with Gasteiger partial charge in [0.05, 0.1) is 12.4 Å². The number of nitrogens with one attached hydrogen (secondary N) is 2. The summed E-state index contributed by atoms with van der Waals surface area (Å²) in [4.78, 5) is 45.5. The summed E-state index contributed by atoms with van der Waals surface area (Å²) in [5, 5.41) is 2.61. The second kappa shape index (κ2) is 10.8. The molecule has 2 saturated carbocycles. The van der Waals surface area contributed by atoms with E-state index >= 15 is 0 Å². The van der Waals surface area contributed by atoms with Crippen molar-refractivity contribution in [2.24, 2.45) is 17.6 Å². The zero-order chi connectivity index (χ0) is 24.1. The monoisotopic (exact) mass is 468 g/mol. The number of hydrogen-bond donors (Lipinski definition) is 3. The van der Waals surface area contributed by atoms with Gasteiger partial charge in [0, 0.05) is 23.9 Å². The van der Waals surface area contributed by atoms with Gasteiger partial charge >= 0.3 is 11.9 Å². The molecule has 34 heavy (non-hydrogen) atoms. The average Bonchev–Trinajstić information content (AvgIpc) is 3.46. The fourth-order valence-electron chi connectivity index (χ4n) is 4.96. The first-order valence-corrected chi connectivity index (χ1v) is 11.9. The third kappa shape index (κ3) is 6.02. The number of aromatic amines is 1. The zero-order valence-corrected chi connectivity index (χ0v) is 19.3. The summed E-state index contributed by atoms with van der Waals surface area (Å²) in [6.07, 6.45) is 7.03. The Hall–Kier alpha value is -3.20. The lowest BCUT2D eigenvalue weighted by Crippen LogP contribution is -2.49. The van der Waals surface area contributed by atoms with Gasteiger partial charge in [-0.1, -0.05) is 43.2 Å². The summed E-state index contributed by atoms with van der Waals surface area (Å²) in [6.45, 7) is 1.52. The van der Waals surface area contributed by atoms with Gasteiger partial charge in [-0.15, -0.1) is 0 Å². The second-order valence-electron chi connectivity index (χ2n) is 9.43. The number of esters is 2. The molecule has 1 amide bonds. The maximum absolute atomic E-state index is 13.2. The number of nitrogens with two attached hydrogens (primary N) is 1. The van der Waals surface area contributed by atoms with Crippen LogP contribution in [0.3, 0.4) is 0 Å². The number of rotatable bonds is 9. The van der Waals surface area contributed by atoms with Gasteiger partial charge in [-0.05, 0) is 38.0 Å². The maximum Gasteiger partial charge on any atom is 0.352 e. The van der Waals surface area contributed by atoms with Crippen LogP contribution in [0, 0.1) is 11.8 Å². The Morgan fingerprint density at radius 3 is 2.44 bits per heavy atom. The molecule has 1 aromatic heterocycles. The van der Waals surface area contributed by atoms with Gasteiger partial charge in [0.1, 0.15) is 12.1 Å². The topological polar surface area (TPSA) is 136 Å². The van der Waals surface area contributed by atoms with Gasteiger partial charge in [0.2, 0.25) is 12.0 Å². The quantitative estimate of drug-likeness (QED) is 0.480. The van der Waals surface area contributed by atoms with Crippen molar-refractivity contribution in [2.75, 3.05) is 0 Å². The van der Waals surface area contributed by atoms with Gasteiger partial charge in [-0.2, -0.15) is 0 Å². The van der Waals surface area contributed by atoms with Crippen LogP contribution in [-0.4, -0.2) is 46.0 Å². The molecule has 9 nitrogen and oxygen atoms in total. The molecule has 2 fully saturated rings. The number of benzene rings is 1. The molecule has 2 bridgehead atoms. The summed E-state index contributed by atoms with van der Waals surface area (Å²) in [5.74, 6) is -0.649. The van der Waals surface area contributed by atoms with Crippen LogP contribution in [0.1, 0.15) is 56.4 Å². The van der Waals surface area contributed by atoms with Crippen LogP contribution in [0.2, 0.25) is 0 Å². The van der Waals surface area contributed by atoms with Crippen LogP contribution in [-0.2, 0) is 30.3 Å². The van der Waals surface area contributed by atoms with Crippen molar-refractivity contribution in [3.8, 4) is 0 Å². The van der Waals surface area contributed by atoms with Crippen LogP contribution in [0.4, 0.5) is 0 Å². The van der Waals surface area contributed by atoms with Crippen molar-refractivity contribution < 1.29 is 23.9 Å². The van der Waals surface area contributed by atoms with Crippen molar-refractivity contribution >= 4 is 17.8 Å². The molecule has 1 aromatic carbocycles. The number of carbonyl (C=O) groups is 3. The first-order valence-electron chi connectivity index (χ1n) is 11.9. The minimum Gasteiger partial charge on any atom is -0.459 e. The SMILES string of the molecule is CC(N)C(=O)NC(Cc1cnc[nH]1)C(=O)OC(C(=O)OC1CC2CC[C@@H](C2)C1)c1ccccc1. The molecule has 182 valence electrons. The zero-order valence-electron chi connectivity index (χ0n) is 19.3. The van der Waals surface area contributed by atoms with Gasteiger partial charge in [0.15, 0.2) is 0 Å². The summed E-state index contributed by atoms with van der Waals surface area (Å²) in [6, 6.07) is 6.92. The molecular weight excluding hydrogens is 436 g/mol. The highest BCUT2D eigenvalue weighted by atomic mass is 16.6. The predicted octanol–water partition coefficient (Wildman–Crippen LogP) is 2.19. The molecule has 0 radical (unpaired) electrons. The van der Waals surface area contributed by atoms with E-state index in [0.717, 1.165) is 12.8 Å². The highest BCUT2D eigenvalue weighted by Crippen LogP contribution is 2.43. The Bertz CT molecular complexity index is 966. The van der Waals surface area contributed by atoms with Crippen molar-refractivity contribution in [1.82, 2.24) is 15.3 Å². The van der Waals surface area contributed by atoms with E-state index < -0.39 is 36.0 Å². The third-order valence-electron chi connectivity index (χ3n) is 6.67. The fraction of sp³-hybridized carbons (Fsp3) is 0.520. The van der Waals surface area contributed by atoms with E-state index in [2.05, 4.69) is 15.3 Å². The Morgan fingerprint density at radius 2 is 1.82 bits per heavy atom. The molecule has 5 unspecified atom stereocenters. The molecule has 2 aliphatic rings. The van der Waals surface area contributed by atoms with Crippen molar-refractivity contribution in [3.05, 3.63) is 54.1 Å². The van der Waals surface area contributed by atoms with Gasteiger partial charge in [-0.3, -0.25) is 4.79 Å². The number of H-pyrrole nitrogens is 1. The van der Waals surface area contributed by atoms with E-state index in [1.807, 2.05) is 6.07 Å². The summed E-state index contributed by atoms with van der Waals surface area (Å²) in [7, 11) is 0. The summed E-state index contributed by atoms with van der Waals surface area (Å²) < 4.78 is 11.6. The number of aromatic nitrogens is 2. The number of nitrogens with zero attached hydrogens (tertiary/aromatic N) is 1. The van der Waals surface area contributed by atoms with Gasteiger partial charge in [0.25, 0.3) is 0 Å². The van der Waals surface area contributed by atoms with Crippen molar-refractivity contribution in [3.63, 3.8) is 0 Å². The van der Waals surface area contributed by atoms with Gasteiger partial charge in [-0.25, -0.2) is 14.6 Å². The number of imidazole rings is 1. The highest BCUT2D eigenvalue weighted by molar-refractivity contribution is 5.88. The Balaban J connectivity index is 1.49. The highest BCUT2D eigenvalue weighted by Gasteiger charge is 2.38. The normalized spacial score (nSPS) is 24.0. The number of carbonyl (C=O) groups excluding carboxylic acids is 3. The molecule has 0 saturated heterocycles. The lowest BCUT2D eigenvalue weighted by atomic mass is 9.87. The van der Waals surface area contributed by atoms with Crippen LogP contribution in [0.15, 0.2) is 42.9 Å². The molecule has 0 aliphatic heterocycles. The Morgan fingerprint density at radius 1 is 1.12 bits per heavy atom. The number of ether oxygens (including phenoxy) is 2. The van der Waals surface area contributed by atoms with E-state index in [-0.39, 0.29) is 12.5 Å². The standard InChI is InChI=1S/C25H32N4O5/c1-15(26)23(30)29-21(12-19-13-27-14-28-19)24(31)34-22(18-5-3-2-4-6-18)25(32)33-20-10-16-7-8-17(9-16)11-20/h2-6,13-17,20-22H,7-12,26H2,1H3,(H,27,28)(H,29,30)/t15?,16-,17?,20?,21?,22?/m0/s1. The Labute approximate surface area is 198 Å². The van der Waals surface area contributed by atoms with E-state index in [9.17, 15) is 14.4 Å². The molecule has 4 N–H and O–H groups in total. The molecule has 1 heterocycles. The fourth-order valence-corrected chi connectivity index (χ4v) is 4.96. The minimum atomic E-state index is -1.23. The smallest absolute Gasteiger partial charge is 0.352 e. The van der Waals surface area contributed by atoms with Crippen molar-refractivity contribution in [1.29, 1.82) is 0 Å². The first kappa shape index (κ1) is 23.9. The van der Waals surface area contributed by atoms with E-state index in [0.29, 0.717) is 23.1 Å². The lowest BCUT2D eigenvalue weighted by molar-refractivity contribution is -0.175. The predicted molar refractivity (Wildman–Crippen MR) is 123 cm³/mol. The van der Waals surface area contributed by atoms with Crippen LogP contribution in [0.25, 0.3) is 0 Å². The maximum atomic E-state index is 13.2. The largest absolute Gasteiger partial charge is 0.459 e. The number of hydrogen-bond acceptors (Lipinski definition) is 7. The first-order chi connectivity index (χ1) is 16.4. The number of fused-ring (bicyclic) bond motifs is 2. The van der Waals surface area contributed by atoms with E-state index in [1.165, 1.54) is 32.5 Å². The third-order valence-corrected chi connectivity index (χ3v) is 6.67. The molecular formula is C25H32N4O5. The number of amides is 1. The molecule has 6 atom stereocenters. The summed E-state index contributed by atoms with van der Waals surface area (Å²) in [5.41, 5.74) is 6.81. The minimum absolute atomic E-state index is 0.111. The van der Waals surface area contributed by atoms with Crippen LogP contribution < -0.4 is 11.1 Å². The van der Waals surface area contributed by atoms with Crippen LogP contribution in [0.5, 0.6) is 0 Å². The molecule has 9 heteroatoms. The molecule has 2 aromatic rings. The lowest BCUT2D eigenvalue weighted by Gasteiger charge is -2.29. The van der Waals surface area contributed by atoms with Gasteiger partial charge < -0.3 is 25.5 Å². The Kier molecular flexibility index (Phi) is 7.62.